The number of imide groups is 1. The molecule has 2 fully saturated rings. The Labute approximate surface area is 154 Å². The van der Waals surface area contributed by atoms with Gasteiger partial charge in [-0.1, -0.05) is 6.07 Å². The molecule has 2 saturated heterocycles. The first-order valence-corrected chi connectivity index (χ1v) is 9.71. The number of halogens is 2. The molecule has 2 aliphatic heterocycles. The lowest BCUT2D eigenvalue weighted by molar-refractivity contribution is -0.145. The third kappa shape index (κ3) is 3.69. The van der Waals surface area contributed by atoms with Crippen LogP contribution in [-0.2, 0) is 24.4 Å². The van der Waals surface area contributed by atoms with Crippen LogP contribution in [0.2, 0.25) is 0 Å². The van der Waals surface area contributed by atoms with Gasteiger partial charge in [0, 0.05) is 39.0 Å². The van der Waals surface area contributed by atoms with E-state index in [1.807, 2.05) is 0 Å². The predicted octanol–water partition coefficient (Wildman–Crippen LogP) is -0.0533. The number of carbonyl (C=O) groups excluding carboxylic acids is 3. The lowest BCUT2D eigenvalue weighted by atomic mass is 10.3. The van der Waals surface area contributed by atoms with E-state index in [2.05, 4.69) is 0 Å². The van der Waals surface area contributed by atoms with Gasteiger partial charge in [-0.25, -0.2) is 17.2 Å². The van der Waals surface area contributed by atoms with E-state index in [-0.39, 0.29) is 45.6 Å². The molecule has 8 nitrogen and oxygen atoms in total. The summed E-state index contributed by atoms with van der Waals surface area (Å²) < 4.78 is 53.6. The lowest BCUT2D eigenvalue weighted by Gasteiger charge is -2.34. The first-order valence-electron chi connectivity index (χ1n) is 8.27. The average molecular weight is 401 g/mol. The molecule has 0 atom stereocenters. The molecule has 1 aromatic rings. The van der Waals surface area contributed by atoms with Crippen molar-refractivity contribution in [2.45, 2.75) is 17.7 Å². The fourth-order valence-electron chi connectivity index (χ4n) is 3.07. The van der Waals surface area contributed by atoms with E-state index >= 15 is 0 Å². The van der Waals surface area contributed by atoms with Crippen LogP contribution in [-0.4, -0.2) is 73.0 Å². The van der Waals surface area contributed by atoms with Crippen LogP contribution in [0, 0.1) is 11.6 Å². The average Bonchev–Trinajstić information content (AvgIpc) is 2.93. The molecule has 0 saturated carbocycles. The molecule has 2 aliphatic rings. The minimum absolute atomic E-state index is 0.00957. The van der Waals surface area contributed by atoms with Gasteiger partial charge in [-0.05, 0) is 12.1 Å². The normalized spacial score (nSPS) is 19.0. The van der Waals surface area contributed by atoms with Crippen molar-refractivity contribution < 1.29 is 31.6 Å². The first-order chi connectivity index (χ1) is 12.7. The third-order valence-corrected chi connectivity index (χ3v) is 6.51. The first kappa shape index (κ1) is 19.4. The number of hydrogen-bond donors (Lipinski definition) is 0. The highest BCUT2D eigenvalue weighted by Gasteiger charge is 2.36. The second-order valence-electron chi connectivity index (χ2n) is 6.21. The smallest absolute Gasteiger partial charge is 0.249 e. The van der Waals surface area contributed by atoms with Gasteiger partial charge >= 0.3 is 0 Å². The van der Waals surface area contributed by atoms with Crippen molar-refractivity contribution in [1.82, 2.24) is 14.1 Å². The number of likely N-dealkylation sites (tertiary alicyclic amines) is 1. The van der Waals surface area contributed by atoms with Crippen molar-refractivity contribution in [1.29, 1.82) is 0 Å². The van der Waals surface area contributed by atoms with E-state index in [0.717, 1.165) is 27.4 Å². The number of amides is 3. The van der Waals surface area contributed by atoms with E-state index in [9.17, 15) is 31.6 Å². The van der Waals surface area contributed by atoms with Crippen molar-refractivity contribution in [2.75, 3.05) is 32.7 Å². The molecule has 11 heteroatoms. The number of hydrogen-bond acceptors (Lipinski definition) is 5. The quantitative estimate of drug-likeness (QED) is 0.659. The van der Waals surface area contributed by atoms with Crippen LogP contribution in [0.4, 0.5) is 8.78 Å². The largest absolute Gasteiger partial charge is 0.338 e. The second kappa shape index (κ2) is 7.31. The summed E-state index contributed by atoms with van der Waals surface area (Å²) in [7, 11) is -4.39. The Kier molecular flexibility index (Phi) is 5.24. The molecule has 0 N–H and O–H groups in total. The molecule has 2 heterocycles. The highest BCUT2D eigenvalue weighted by Crippen LogP contribution is 2.23. The van der Waals surface area contributed by atoms with E-state index in [0.29, 0.717) is 0 Å². The Morgan fingerprint density at radius 2 is 1.48 bits per heavy atom. The van der Waals surface area contributed by atoms with Gasteiger partial charge in [-0.2, -0.15) is 4.31 Å². The van der Waals surface area contributed by atoms with Gasteiger partial charge in [0.05, 0.1) is 0 Å². The van der Waals surface area contributed by atoms with Gasteiger partial charge in [0.1, 0.15) is 18.2 Å². The summed E-state index contributed by atoms with van der Waals surface area (Å²) in [6.07, 6.45) is 0.151. The molecule has 3 amide bonds. The molecular weight excluding hydrogens is 384 g/mol. The van der Waals surface area contributed by atoms with E-state index in [4.69, 9.17) is 0 Å². The summed E-state index contributed by atoms with van der Waals surface area (Å²) >= 11 is 0. The zero-order valence-corrected chi connectivity index (χ0v) is 15.0. The summed E-state index contributed by atoms with van der Waals surface area (Å²) in [6.45, 7) is -0.700. The summed E-state index contributed by atoms with van der Waals surface area (Å²) in [6, 6.07) is 2.79. The molecule has 0 aliphatic carbocycles. The Bertz CT molecular complexity index is 861. The Hall–Kier alpha value is -2.40. The Morgan fingerprint density at radius 3 is 2.00 bits per heavy atom. The summed E-state index contributed by atoms with van der Waals surface area (Å²) in [5, 5.41) is 0. The molecule has 27 heavy (non-hydrogen) atoms. The van der Waals surface area contributed by atoms with Crippen molar-refractivity contribution in [3.8, 4) is 0 Å². The number of sulfonamides is 1. The minimum Gasteiger partial charge on any atom is -0.338 e. The van der Waals surface area contributed by atoms with Crippen molar-refractivity contribution in [3.63, 3.8) is 0 Å². The van der Waals surface area contributed by atoms with Crippen molar-refractivity contribution in [2.24, 2.45) is 0 Å². The van der Waals surface area contributed by atoms with Crippen molar-refractivity contribution in [3.05, 3.63) is 29.8 Å². The number of benzene rings is 1. The SMILES string of the molecule is O=C(CN1C(=O)CCC1=O)N1CCN(S(=O)(=O)c2c(F)cccc2F)CC1. The molecule has 1 aromatic carbocycles. The Balaban J connectivity index is 1.65. The molecule has 0 aromatic heterocycles. The van der Waals surface area contributed by atoms with Gasteiger partial charge < -0.3 is 4.90 Å². The topological polar surface area (TPSA) is 95.1 Å². The summed E-state index contributed by atoms with van der Waals surface area (Å²) in [5.41, 5.74) is 0. The van der Waals surface area contributed by atoms with Crippen LogP contribution in [0.25, 0.3) is 0 Å². The van der Waals surface area contributed by atoms with Crippen LogP contribution in [0.15, 0.2) is 23.1 Å². The number of nitrogens with zero attached hydrogens (tertiary/aromatic N) is 3. The number of piperazine rings is 1. The summed E-state index contributed by atoms with van der Waals surface area (Å²) in [4.78, 5) is 36.6. The van der Waals surface area contributed by atoms with Gasteiger partial charge in [-0.15, -0.1) is 0 Å². The maximum absolute atomic E-state index is 13.8. The molecule has 3 rings (SSSR count). The zero-order chi connectivity index (χ0) is 19.8. The predicted molar refractivity (Wildman–Crippen MR) is 87.7 cm³/mol. The maximum Gasteiger partial charge on any atom is 0.249 e. The molecule has 146 valence electrons. The molecule has 0 radical (unpaired) electrons. The highest BCUT2D eigenvalue weighted by molar-refractivity contribution is 7.89. The van der Waals surface area contributed by atoms with E-state index in [1.54, 1.807) is 0 Å². The van der Waals surface area contributed by atoms with E-state index < -0.39 is 44.3 Å². The van der Waals surface area contributed by atoms with Crippen LogP contribution >= 0.6 is 0 Å². The maximum atomic E-state index is 13.8. The van der Waals surface area contributed by atoms with Crippen LogP contribution in [0.1, 0.15) is 12.8 Å². The van der Waals surface area contributed by atoms with Gasteiger partial charge in [0.25, 0.3) is 0 Å². The van der Waals surface area contributed by atoms with Gasteiger partial charge in [0.2, 0.25) is 27.7 Å². The fraction of sp³-hybridized carbons (Fsp3) is 0.438. The van der Waals surface area contributed by atoms with Gasteiger partial charge in [0.15, 0.2) is 4.90 Å². The van der Waals surface area contributed by atoms with Crippen molar-refractivity contribution >= 4 is 27.7 Å². The van der Waals surface area contributed by atoms with Crippen LogP contribution < -0.4 is 0 Å². The molecule has 0 unspecified atom stereocenters. The Morgan fingerprint density at radius 1 is 0.963 bits per heavy atom. The van der Waals surface area contributed by atoms with E-state index in [1.165, 1.54) is 4.90 Å². The van der Waals surface area contributed by atoms with Crippen LogP contribution in [0.3, 0.4) is 0 Å². The zero-order valence-electron chi connectivity index (χ0n) is 14.2. The fourth-order valence-corrected chi connectivity index (χ4v) is 4.60. The molecular formula is C16H17F2N3O5S. The number of carbonyl (C=O) groups is 3. The minimum atomic E-state index is -4.39. The second-order valence-corrected chi connectivity index (χ2v) is 8.08. The summed E-state index contributed by atoms with van der Waals surface area (Å²) in [5.74, 6) is -3.67. The van der Waals surface area contributed by atoms with Crippen LogP contribution in [0.5, 0.6) is 0 Å². The van der Waals surface area contributed by atoms with Gasteiger partial charge in [-0.3, -0.25) is 19.3 Å². The standard InChI is InChI=1S/C16H17F2N3O5S/c17-11-2-1-3-12(18)16(11)27(25,26)20-8-6-19(7-9-20)15(24)10-21-13(22)4-5-14(21)23/h1-3H,4-10H2. The molecule has 0 bridgehead atoms. The lowest BCUT2D eigenvalue weighted by Crippen LogP contribution is -2.53. The third-order valence-electron chi connectivity index (χ3n) is 4.56. The monoisotopic (exact) mass is 401 g/mol. The molecule has 0 spiro atoms. The highest BCUT2D eigenvalue weighted by atomic mass is 32.2. The number of rotatable bonds is 4.